The van der Waals surface area contributed by atoms with Crippen LogP contribution in [0.15, 0.2) is 47.4 Å². The van der Waals surface area contributed by atoms with Gasteiger partial charge in [0.05, 0.1) is 20.3 Å². The van der Waals surface area contributed by atoms with E-state index in [9.17, 15) is 12.8 Å². The van der Waals surface area contributed by atoms with Gasteiger partial charge in [-0.3, -0.25) is 4.90 Å². The summed E-state index contributed by atoms with van der Waals surface area (Å²) in [5, 5.41) is 0. The van der Waals surface area contributed by atoms with Crippen molar-refractivity contribution in [3.05, 3.63) is 59.4 Å². The van der Waals surface area contributed by atoms with E-state index in [1.165, 1.54) is 12.1 Å². The summed E-state index contributed by atoms with van der Waals surface area (Å²) in [7, 11) is -2.38. The first kappa shape index (κ1) is 20.7. The number of ether oxygens (including phenoxy) is 2. The fourth-order valence-electron chi connectivity index (χ4n) is 3.26. The summed E-state index contributed by atoms with van der Waals surface area (Å²) >= 11 is 0. The van der Waals surface area contributed by atoms with Gasteiger partial charge in [-0.2, -0.15) is 0 Å². The fraction of sp³-hybridized carbons (Fsp3) is 0.400. The summed E-state index contributed by atoms with van der Waals surface area (Å²) in [5.41, 5.74) is 1.64. The van der Waals surface area contributed by atoms with Crippen molar-refractivity contribution >= 4 is 10.0 Å². The number of halogens is 1. The summed E-state index contributed by atoms with van der Waals surface area (Å²) < 4.78 is 52.7. The van der Waals surface area contributed by atoms with E-state index in [1.807, 2.05) is 24.3 Å². The molecule has 1 N–H and O–H groups in total. The van der Waals surface area contributed by atoms with Gasteiger partial charge in [0.15, 0.2) is 0 Å². The van der Waals surface area contributed by atoms with E-state index in [1.54, 1.807) is 20.1 Å². The van der Waals surface area contributed by atoms with Gasteiger partial charge in [-0.25, -0.2) is 17.5 Å². The predicted octanol–water partition coefficient (Wildman–Crippen LogP) is 2.49. The van der Waals surface area contributed by atoms with Gasteiger partial charge >= 0.3 is 0 Å². The molecule has 0 amide bonds. The highest BCUT2D eigenvalue weighted by atomic mass is 32.2. The van der Waals surface area contributed by atoms with Crippen LogP contribution in [0.3, 0.4) is 0 Å². The second kappa shape index (κ2) is 9.00. The first-order valence-electron chi connectivity index (χ1n) is 9.12. The van der Waals surface area contributed by atoms with Gasteiger partial charge in [-0.1, -0.05) is 18.2 Å². The maximum atomic E-state index is 14.1. The number of methoxy groups -OCH3 is 1. The van der Waals surface area contributed by atoms with Gasteiger partial charge in [-0.15, -0.1) is 0 Å². The summed E-state index contributed by atoms with van der Waals surface area (Å²) in [5.74, 6) is -0.0302. The Morgan fingerprint density at radius 1 is 1.18 bits per heavy atom. The summed E-state index contributed by atoms with van der Waals surface area (Å²) in [6.45, 7) is 4.42. The molecule has 0 saturated carbocycles. The van der Waals surface area contributed by atoms with Crippen LogP contribution in [0, 0.1) is 12.7 Å². The van der Waals surface area contributed by atoms with E-state index in [0.29, 0.717) is 31.9 Å². The molecule has 28 heavy (non-hydrogen) atoms. The molecule has 8 heteroatoms. The topological polar surface area (TPSA) is 67.9 Å². The third kappa shape index (κ3) is 4.88. The fourth-order valence-corrected chi connectivity index (χ4v) is 4.45. The minimum absolute atomic E-state index is 0.127. The minimum Gasteiger partial charge on any atom is -0.497 e. The Morgan fingerprint density at radius 3 is 2.50 bits per heavy atom. The molecule has 1 saturated heterocycles. The Bertz CT molecular complexity index is 897. The van der Waals surface area contributed by atoms with Crippen molar-refractivity contribution in [1.29, 1.82) is 0 Å². The van der Waals surface area contributed by atoms with Crippen LogP contribution in [0.4, 0.5) is 4.39 Å². The normalized spacial score (nSPS) is 16.7. The Morgan fingerprint density at radius 2 is 1.86 bits per heavy atom. The monoisotopic (exact) mass is 408 g/mol. The van der Waals surface area contributed by atoms with Gasteiger partial charge in [0.25, 0.3) is 0 Å². The van der Waals surface area contributed by atoms with E-state index >= 15 is 0 Å². The van der Waals surface area contributed by atoms with Crippen LogP contribution in [0.1, 0.15) is 17.2 Å². The highest BCUT2D eigenvalue weighted by Gasteiger charge is 2.26. The van der Waals surface area contributed by atoms with E-state index < -0.39 is 15.8 Å². The molecule has 0 spiro atoms. The number of hydrogen-bond acceptors (Lipinski definition) is 5. The molecule has 1 atom stereocenters. The van der Waals surface area contributed by atoms with Gasteiger partial charge in [0, 0.05) is 25.7 Å². The summed E-state index contributed by atoms with van der Waals surface area (Å²) in [4.78, 5) is 1.84. The molecular weight excluding hydrogens is 383 g/mol. The molecule has 0 aromatic heterocycles. The lowest BCUT2D eigenvalue weighted by atomic mass is 10.0. The summed E-state index contributed by atoms with van der Waals surface area (Å²) in [6.07, 6.45) is 0. The summed E-state index contributed by atoms with van der Waals surface area (Å²) in [6, 6.07) is 11.4. The molecule has 1 aliphatic rings. The van der Waals surface area contributed by atoms with Crippen molar-refractivity contribution in [2.45, 2.75) is 17.9 Å². The molecule has 1 fully saturated rings. The van der Waals surface area contributed by atoms with E-state index in [-0.39, 0.29) is 17.5 Å². The molecule has 1 heterocycles. The highest BCUT2D eigenvalue weighted by Crippen LogP contribution is 2.25. The Kier molecular flexibility index (Phi) is 6.66. The van der Waals surface area contributed by atoms with Gasteiger partial charge in [0.2, 0.25) is 10.0 Å². The SMILES string of the molecule is COc1ccc(C(CNS(=O)(=O)c2cc(C)ccc2F)N2CCOCC2)cc1. The van der Waals surface area contributed by atoms with Crippen LogP contribution in [0.5, 0.6) is 5.75 Å². The highest BCUT2D eigenvalue weighted by molar-refractivity contribution is 7.89. The molecule has 0 radical (unpaired) electrons. The second-order valence-electron chi connectivity index (χ2n) is 6.72. The second-order valence-corrected chi connectivity index (χ2v) is 8.46. The van der Waals surface area contributed by atoms with Crippen molar-refractivity contribution in [3.63, 3.8) is 0 Å². The van der Waals surface area contributed by atoms with E-state index in [4.69, 9.17) is 9.47 Å². The Balaban J connectivity index is 1.83. The first-order chi connectivity index (χ1) is 13.4. The average molecular weight is 408 g/mol. The molecule has 1 aliphatic heterocycles. The predicted molar refractivity (Wildman–Crippen MR) is 104 cm³/mol. The number of nitrogens with zero attached hydrogens (tertiary/aromatic N) is 1. The lowest BCUT2D eigenvalue weighted by Crippen LogP contribution is -2.43. The number of sulfonamides is 1. The molecule has 0 aliphatic carbocycles. The number of rotatable bonds is 7. The van der Waals surface area contributed by atoms with Crippen LogP contribution in [0.2, 0.25) is 0 Å². The third-order valence-electron chi connectivity index (χ3n) is 4.83. The quantitative estimate of drug-likeness (QED) is 0.763. The van der Waals surface area contributed by atoms with Crippen molar-refractivity contribution in [2.24, 2.45) is 0 Å². The van der Waals surface area contributed by atoms with Gasteiger partial charge < -0.3 is 9.47 Å². The Labute approximate surface area is 165 Å². The van der Waals surface area contributed by atoms with Gasteiger partial charge in [-0.05, 0) is 42.3 Å². The minimum atomic E-state index is -3.98. The van der Waals surface area contributed by atoms with Crippen LogP contribution in [0.25, 0.3) is 0 Å². The van der Waals surface area contributed by atoms with E-state index in [0.717, 1.165) is 11.3 Å². The third-order valence-corrected chi connectivity index (χ3v) is 6.27. The largest absolute Gasteiger partial charge is 0.497 e. The number of morpholine rings is 1. The molecule has 3 rings (SSSR count). The van der Waals surface area contributed by atoms with Crippen molar-refractivity contribution in [3.8, 4) is 5.75 Å². The molecule has 0 bridgehead atoms. The Hall–Kier alpha value is -2.00. The van der Waals surface area contributed by atoms with Crippen LogP contribution in [-0.2, 0) is 14.8 Å². The lowest BCUT2D eigenvalue weighted by Gasteiger charge is -2.35. The van der Waals surface area contributed by atoms with Crippen molar-refractivity contribution in [1.82, 2.24) is 9.62 Å². The molecule has 2 aromatic rings. The van der Waals surface area contributed by atoms with Crippen LogP contribution >= 0.6 is 0 Å². The maximum absolute atomic E-state index is 14.1. The molecule has 1 unspecified atom stereocenters. The number of hydrogen-bond donors (Lipinski definition) is 1. The average Bonchev–Trinajstić information content (AvgIpc) is 2.71. The standard InChI is InChI=1S/C20H25FN2O4S/c1-15-3-8-18(21)20(13-15)28(24,25)22-14-19(23-9-11-27-12-10-23)16-4-6-17(26-2)7-5-16/h3-8,13,19,22H,9-12,14H2,1-2H3. The van der Waals surface area contributed by atoms with Crippen molar-refractivity contribution < 1.29 is 22.3 Å². The van der Waals surface area contributed by atoms with Crippen molar-refractivity contribution in [2.75, 3.05) is 40.0 Å². The van der Waals surface area contributed by atoms with Crippen LogP contribution < -0.4 is 9.46 Å². The molecule has 152 valence electrons. The number of benzene rings is 2. The van der Waals surface area contributed by atoms with Crippen LogP contribution in [-0.4, -0.2) is 53.3 Å². The molecular formula is C20H25FN2O4S. The molecule has 2 aromatic carbocycles. The smallest absolute Gasteiger partial charge is 0.243 e. The number of nitrogens with one attached hydrogen (secondary N) is 1. The first-order valence-corrected chi connectivity index (χ1v) is 10.6. The molecule has 6 nitrogen and oxygen atoms in total. The zero-order chi connectivity index (χ0) is 20.1. The maximum Gasteiger partial charge on any atom is 0.243 e. The number of aryl methyl sites for hydroxylation is 1. The zero-order valence-corrected chi connectivity index (χ0v) is 16.8. The zero-order valence-electron chi connectivity index (χ0n) is 16.0. The van der Waals surface area contributed by atoms with E-state index in [2.05, 4.69) is 9.62 Å². The van der Waals surface area contributed by atoms with Gasteiger partial charge in [0.1, 0.15) is 16.5 Å². The lowest BCUT2D eigenvalue weighted by molar-refractivity contribution is 0.0172.